The van der Waals surface area contributed by atoms with Gasteiger partial charge in [0.05, 0.1) is 11.5 Å². The first-order valence-corrected chi connectivity index (χ1v) is 18.5. The molecule has 0 aliphatic heterocycles. The van der Waals surface area contributed by atoms with Crippen LogP contribution in [0, 0.1) is 44.6 Å². The fourth-order valence-corrected chi connectivity index (χ4v) is 6.86. The van der Waals surface area contributed by atoms with Crippen molar-refractivity contribution in [3.8, 4) is 22.4 Å². The van der Waals surface area contributed by atoms with Crippen LogP contribution in [0.1, 0.15) is 95.0 Å². The number of benzene rings is 4. The third-order valence-corrected chi connectivity index (χ3v) is 11.3. The largest absolute Gasteiger partial charge is 0.511 e. The van der Waals surface area contributed by atoms with Crippen LogP contribution in [0.4, 0.5) is 22.0 Å². The molecule has 5 rings (SSSR count). The summed E-state index contributed by atoms with van der Waals surface area (Å²) in [6.07, 6.45) is 1.16. The monoisotopic (exact) mass is 938 g/mol. The molecule has 0 aliphatic carbocycles. The van der Waals surface area contributed by atoms with Crippen molar-refractivity contribution in [3.05, 3.63) is 113 Å². The van der Waals surface area contributed by atoms with Crippen LogP contribution in [0.25, 0.3) is 43.9 Å². The van der Waals surface area contributed by atoms with Crippen LogP contribution in [0.3, 0.4) is 0 Å². The van der Waals surface area contributed by atoms with Crippen LogP contribution in [-0.4, -0.2) is 26.8 Å². The zero-order valence-corrected chi connectivity index (χ0v) is 35.7. The van der Waals surface area contributed by atoms with Crippen LogP contribution < -0.4 is 0 Å². The summed E-state index contributed by atoms with van der Waals surface area (Å²) in [5, 5.41) is 14.1. The second-order valence-electron chi connectivity index (χ2n) is 15.0. The second-order valence-corrected chi connectivity index (χ2v) is 15.0. The van der Waals surface area contributed by atoms with E-state index in [-0.39, 0.29) is 30.9 Å². The maximum Gasteiger partial charge on any atom is 0.458 e. The topological polar surface area (TPSA) is 54.5 Å². The zero-order chi connectivity index (χ0) is 40.4. The average Bonchev–Trinajstić information content (AvgIpc) is 3.12. The molecule has 0 bridgehead atoms. The number of rotatable bonds is 10. The zero-order valence-electron chi connectivity index (χ0n) is 33.3. The van der Waals surface area contributed by atoms with Crippen molar-refractivity contribution in [2.75, 3.05) is 0 Å². The number of aromatic nitrogens is 1. The summed E-state index contributed by atoms with van der Waals surface area (Å²) >= 11 is 0. The summed E-state index contributed by atoms with van der Waals surface area (Å²) in [6, 6.07) is 21.1. The molecule has 0 unspecified atom stereocenters. The first kappa shape index (κ1) is 45.4. The summed E-state index contributed by atoms with van der Waals surface area (Å²) in [5.41, 5.74) is 4.52. The normalized spacial score (nSPS) is 12.7. The predicted molar refractivity (Wildman–Crippen MR) is 213 cm³/mol. The molecule has 1 radical (unpaired) electrons. The van der Waals surface area contributed by atoms with Crippen LogP contribution in [0.2, 0.25) is 0 Å². The van der Waals surface area contributed by atoms with Crippen molar-refractivity contribution in [1.29, 1.82) is 0 Å². The van der Waals surface area contributed by atoms with Gasteiger partial charge < -0.3 is 10.1 Å². The van der Waals surface area contributed by atoms with Gasteiger partial charge in [-0.3, -0.25) is 4.79 Å². The van der Waals surface area contributed by atoms with Crippen molar-refractivity contribution in [1.82, 2.24) is 4.98 Å². The van der Waals surface area contributed by atoms with Gasteiger partial charge in [0, 0.05) is 37.3 Å². The number of hydrogen-bond acceptors (Lipinski definition) is 2. The van der Waals surface area contributed by atoms with E-state index in [2.05, 4.69) is 50.9 Å². The molecule has 0 saturated heterocycles. The summed E-state index contributed by atoms with van der Waals surface area (Å²) in [6.45, 7) is 19.4. The average molecular weight is 938 g/mol. The van der Waals surface area contributed by atoms with Gasteiger partial charge in [0.15, 0.2) is 0 Å². The fraction of sp³-hybridized carbons (Fsp3) is 0.391. The number of nitrogens with zero attached hydrogens (tertiary/aromatic N) is 1. The van der Waals surface area contributed by atoms with Crippen LogP contribution in [-0.2, 0) is 26.0 Å². The van der Waals surface area contributed by atoms with Gasteiger partial charge in [0.25, 0.3) is 0 Å². The van der Waals surface area contributed by atoms with E-state index in [1.807, 2.05) is 64.1 Å². The second kappa shape index (κ2) is 17.5. The van der Waals surface area contributed by atoms with E-state index in [4.69, 9.17) is 0 Å². The van der Waals surface area contributed by atoms with Crippen molar-refractivity contribution in [3.63, 3.8) is 0 Å². The number of ketones is 1. The van der Waals surface area contributed by atoms with E-state index in [0.29, 0.717) is 28.2 Å². The molecule has 2 N–H and O–H groups in total. The maximum atomic E-state index is 14.0. The Hall–Kier alpha value is -3.94. The maximum absolute atomic E-state index is 14.0. The van der Waals surface area contributed by atoms with Crippen LogP contribution in [0.5, 0.6) is 0 Å². The van der Waals surface area contributed by atoms with Gasteiger partial charge in [0.2, 0.25) is 0 Å². The van der Waals surface area contributed by atoms with Gasteiger partial charge in [-0.15, -0.1) is 34.9 Å². The number of pyridine rings is 1. The van der Waals surface area contributed by atoms with Crippen molar-refractivity contribution in [2.24, 2.45) is 10.8 Å². The Labute approximate surface area is 335 Å². The molecule has 9 heteroatoms. The van der Waals surface area contributed by atoms with E-state index in [9.17, 15) is 31.9 Å². The van der Waals surface area contributed by atoms with E-state index in [1.54, 1.807) is 26.1 Å². The van der Waals surface area contributed by atoms with Gasteiger partial charge in [-0.1, -0.05) is 72.7 Å². The number of carbonyl (C=O) groups excluding carboxylic acids is 1. The third-order valence-electron chi connectivity index (χ3n) is 11.3. The Balaban J connectivity index is 0.000000385. The molecular weight excluding hydrogens is 886 g/mol. The number of aryl methyl sites for hydroxylation is 4. The summed E-state index contributed by atoms with van der Waals surface area (Å²) in [7, 11) is 0. The van der Waals surface area contributed by atoms with E-state index < -0.39 is 17.7 Å². The molecule has 1 heterocycles. The SMILES string of the molecule is CCC(C)(CC)C(=[OH+])/C=C(\O)C(C)(CC)CC.Cc1[c-]c(-c2nccc3c2ccc2cc(-c4c(C)cc(C(F)(F)C(F)(F)F)cc4C)ccc23)cc(C)c1.[Ir]. The van der Waals surface area contributed by atoms with E-state index in [1.165, 1.54) is 0 Å². The van der Waals surface area contributed by atoms with Crippen molar-refractivity contribution >= 4 is 27.3 Å². The molecule has 5 aromatic rings. The number of alkyl halides is 5. The number of halogens is 5. The predicted octanol–water partition coefficient (Wildman–Crippen LogP) is 14.0. The van der Waals surface area contributed by atoms with Crippen molar-refractivity contribution < 1.29 is 52.0 Å². The minimum absolute atomic E-state index is 0. The third kappa shape index (κ3) is 9.37. The number of aliphatic hydroxyl groups is 1. The number of fused-ring (bicyclic) bond motifs is 3. The van der Waals surface area contributed by atoms with E-state index in [0.717, 1.165) is 87.3 Å². The smallest absolute Gasteiger partial charge is 0.458 e. The number of hydrogen-bond donors (Lipinski definition) is 1. The fourth-order valence-electron chi connectivity index (χ4n) is 6.86. The quantitative estimate of drug-likeness (QED) is 0.0379. The first-order chi connectivity index (χ1) is 25.2. The molecule has 0 aliphatic rings. The molecule has 0 spiro atoms. The van der Waals surface area contributed by atoms with Gasteiger partial charge in [-0.05, 0) is 120 Å². The summed E-state index contributed by atoms with van der Waals surface area (Å²) in [5.74, 6) is -4.32. The molecule has 0 amide bonds. The Bertz CT molecular complexity index is 2150. The molecule has 55 heavy (non-hydrogen) atoms. The molecular formula is C46H52F5IrNO2. The van der Waals surface area contributed by atoms with Crippen LogP contribution >= 0.6 is 0 Å². The summed E-state index contributed by atoms with van der Waals surface area (Å²) in [4.78, 5) is 14.8. The van der Waals surface area contributed by atoms with Gasteiger partial charge in [0.1, 0.15) is 5.76 Å². The van der Waals surface area contributed by atoms with Gasteiger partial charge in [-0.25, -0.2) is 0 Å². The van der Waals surface area contributed by atoms with Gasteiger partial charge >= 0.3 is 17.9 Å². The molecule has 1 aromatic heterocycles. The minimum Gasteiger partial charge on any atom is -0.511 e. The first-order valence-electron chi connectivity index (χ1n) is 18.5. The Morgan fingerprint density at radius 1 is 0.745 bits per heavy atom. The standard InChI is InChI=1S/C31H23F5N.C15H28O2.Ir/c1-17-11-18(2)13-23(12-17)29-27-8-5-21-16-22(6-7-25(21)26(27)9-10-37-29)28-19(3)14-24(15-20(28)4)30(32,33)31(34,35)36;1-7-14(5,8-2)12(16)11-13(17)15(6,9-3)10-4;/h5-12,14-16H,1-4H3;11,16H,7-10H2,1-6H3;/q-1;;/p+1/b;12-11-;. The summed E-state index contributed by atoms with van der Waals surface area (Å²) < 4.78 is 66.7. The molecule has 4 aromatic carbocycles. The molecule has 297 valence electrons. The molecule has 0 atom stereocenters. The number of aliphatic hydroxyl groups excluding tert-OH is 1. The van der Waals surface area contributed by atoms with Crippen molar-refractivity contribution in [2.45, 2.75) is 107 Å². The molecule has 0 fully saturated rings. The van der Waals surface area contributed by atoms with Crippen LogP contribution in [0.15, 0.2) is 78.7 Å². The molecule has 0 saturated carbocycles. The number of allylic oxidation sites excluding steroid dienone is 2. The Morgan fingerprint density at radius 3 is 1.84 bits per heavy atom. The Kier molecular flexibility index (Phi) is 14.4. The minimum atomic E-state index is -5.65. The Morgan fingerprint density at radius 2 is 1.31 bits per heavy atom. The van der Waals surface area contributed by atoms with E-state index >= 15 is 0 Å². The molecule has 3 nitrogen and oxygen atoms in total. The van der Waals surface area contributed by atoms with Gasteiger partial charge in [-0.2, -0.15) is 22.0 Å².